The molecule has 4 rings (SSSR count). The fraction of sp³-hybridized carbons (Fsp3) is 0.0556. The largest absolute Gasteiger partial charge is 0.240 e. The van der Waals surface area contributed by atoms with E-state index in [1.54, 1.807) is 0 Å². The van der Waals surface area contributed by atoms with Crippen molar-refractivity contribution in [3.05, 3.63) is 71.9 Å². The van der Waals surface area contributed by atoms with Crippen LogP contribution < -0.4 is 4.40 Å². The van der Waals surface area contributed by atoms with Gasteiger partial charge in [-0.1, -0.05) is 59.9 Å². The van der Waals surface area contributed by atoms with Crippen LogP contribution in [-0.2, 0) is 0 Å². The minimum atomic E-state index is 1.29. The number of hydrogen-bond acceptors (Lipinski definition) is 1. The summed E-state index contributed by atoms with van der Waals surface area (Å²) in [6, 6.07) is 21.4. The normalized spacial score (nSPS) is 11.2. The predicted molar refractivity (Wildman–Crippen MR) is 85.2 cm³/mol. The zero-order valence-corrected chi connectivity index (χ0v) is 12.0. The average molecular weight is 276 g/mol. The molecule has 2 aromatic carbocycles. The highest BCUT2D eigenvalue weighted by Gasteiger charge is 2.20. The van der Waals surface area contributed by atoms with Gasteiger partial charge in [-0.2, -0.15) is 4.40 Å². The van der Waals surface area contributed by atoms with Gasteiger partial charge in [0.05, 0.1) is 5.39 Å². The Labute approximate surface area is 121 Å². The first-order chi connectivity index (χ1) is 9.84. The molecular formula is C18H14NS+. The lowest BCUT2D eigenvalue weighted by molar-refractivity contribution is -0.512. The van der Waals surface area contributed by atoms with Crippen LogP contribution in [0.25, 0.3) is 26.7 Å². The molecule has 1 nitrogen and oxygen atoms in total. The molecule has 0 amide bonds. The fourth-order valence-corrected chi connectivity index (χ4v) is 3.85. The lowest BCUT2D eigenvalue weighted by Crippen LogP contribution is -2.21. The number of nitrogens with zero attached hydrogens (tertiary/aromatic N) is 1. The average Bonchev–Trinajstić information content (AvgIpc) is 2.86. The van der Waals surface area contributed by atoms with Gasteiger partial charge in [0.25, 0.3) is 0 Å². The molecule has 0 spiro atoms. The monoisotopic (exact) mass is 276 g/mol. The van der Waals surface area contributed by atoms with E-state index in [0.717, 1.165) is 0 Å². The third-order valence-electron chi connectivity index (χ3n) is 3.70. The number of hydrogen-bond donors (Lipinski definition) is 0. The van der Waals surface area contributed by atoms with E-state index in [1.165, 1.54) is 31.7 Å². The van der Waals surface area contributed by atoms with Gasteiger partial charge in [0.15, 0.2) is 6.20 Å². The fourth-order valence-electron chi connectivity index (χ4n) is 2.74. The number of aromatic nitrogens is 1. The van der Waals surface area contributed by atoms with E-state index in [1.807, 2.05) is 11.3 Å². The van der Waals surface area contributed by atoms with Crippen LogP contribution in [0.2, 0.25) is 0 Å². The molecule has 0 unspecified atom stereocenters. The van der Waals surface area contributed by atoms with Crippen LogP contribution >= 0.6 is 11.3 Å². The maximum atomic E-state index is 2.30. The van der Waals surface area contributed by atoms with E-state index in [2.05, 4.69) is 78.2 Å². The van der Waals surface area contributed by atoms with Gasteiger partial charge in [-0.3, -0.25) is 0 Å². The maximum Gasteiger partial charge on any atom is 0.240 e. The van der Waals surface area contributed by atoms with Crippen LogP contribution in [0.5, 0.6) is 0 Å². The molecule has 20 heavy (non-hydrogen) atoms. The molecule has 0 aliphatic carbocycles. The van der Waals surface area contributed by atoms with Crippen LogP contribution in [-0.4, -0.2) is 0 Å². The number of fused-ring (bicyclic) bond motifs is 3. The molecule has 0 aliphatic heterocycles. The van der Waals surface area contributed by atoms with E-state index in [4.69, 9.17) is 0 Å². The summed E-state index contributed by atoms with van der Waals surface area (Å²) in [7, 11) is 0. The third kappa shape index (κ3) is 1.65. The van der Waals surface area contributed by atoms with Crippen molar-refractivity contribution in [3.63, 3.8) is 0 Å². The Kier molecular flexibility index (Phi) is 2.57. The first-order valence-electron chi connectivity index (χ1n) is 6.72. The highest BCUT2D eigenvalue weighted by molar-refractivity contribution is 7.15. The topological polar surface area (TPSA) is 4.10 Å². The first kappa shape index (κ1) is 11.6. The van der Waals surface area contributed by atoms with Crippen molar-refractivity contribution < 1.29 is 4.40 Å². The molecule has 0 saturated heterocycles. The Morgan fingerprint density at radius 1 is 0.850 bits per heavy atom. The Morgan fingerprint density at radius 3 is 2.45 bits per heavy atom. The van der Waals surface area contributed by atoms with Crippen molar-refractivity contribution in [1.82, 2.24) is 0 Å². The van der Waals surface area contributed by atoms with Gasteiger partial charge in [-0.05, 0) is 17.0 Å². The standard InChI is InChI=1S/C18H14NS/c1-13-19-12-11-14-7-5-6-10-16(14)17(19)18(20-13)15-8-3-2-4-9-15/h2-12H,1H3/q+1. The van der Waals surface area contributed by atoms with Crippen molar-refractivity contribution in [2.45, 2.75) is 6.92 Å². The molecule has 96 valence electrons. The van der Waals surface area contributed by atoms with Crippen molar-refractivity contribution in [3.8, 4) is 10.4 Å². The third-order valence-corrected chi connectivity index (χ3v) is 4.83. The van der Waals surface area contributed by atoms with Gasteiger partial charge in [0.1, 0.15) is 4.88 Å². The van der Waals surface area contributed by atoms with Crippen LogP contribution in [0.4, 0.5) is 0 Å². The summed E-state index contributed by atoms with van der Waals surface area (Å²) >= 11 is 1.86. The molecule has 2 heterocycles. The minimum Gasteiger partial charge on any atom is -0.153 e. The van der Waals surface area contributed by atoms with E-state index < -0.39 is 0 Å². The van der Waals surface area contributed by atoms with Crippen LogP contribution in [0, 0.1) is 6.92 Å². The minimum absolute atomic E-state index is 1.29. The summed E-state index contributed by atoms with van der Waals surface area (Å²) in [5.74, 6) is 0. The van der Waals surface area contributed by atoms with Crippen molar-refractivity contribution in [1.29, 1.82) is 0 Å². The lowest BCUT2D eigenvalue weighted by atomic mass is 10.1. The van der Waals surface area contributed by atoms with Gasteiger partial charge in [-0.25, -0.2) is 0 Å². The van der Waals surface area contributed by atoms with E-state index >= 15 is 0 Å². The zero-order chi connectivity index (χ0) is 13.5. The SMILES string of the molecule is Cc1sc(-c2ccccc2)c2c3ccccc3cc[n+]12. The zero-order valence-electron chi connectivity index (χ0n) is 11.2. The highest BCUT2D eigenvalue weighted by atomic mass is 32.1. The van der Waals surface area contributed by atoms with Crippen LogP contribution in [0.3, 0.4) is 0 Å². The molecule has 0 atom stereocenters. The molecule has 2 heteroatoms. The predicted octanol–water partition coefficient (Wildman–Crippen LogP) is 4.62. The second kappa shape index (κ2) is 4.43. The molecule has 4 aromatic rings. The number of pyridine rings is 1. The van der Waals surface area contributed by atoms with Crippen molar-refractivity contribution in [2.75, 3.05) is 0 Å². The molecule has 0 bridgehead atoms. The van der Waals surface area contributed by atoms with Gasteiger partial charge in [0, 0.05) is 13.0 Å². The molecule has 0 aliphatic rings. The second-order valence-corrected chi connectivity index (χ2v) is 6.14. The summed E-state index contributed by atoms with van der Waals surface area (Å²) in [6.45, 7) is 2.18. The number of thiazole rings is 1. The van der Waals surface area contributed by atoms with Gasteiger partial charge < -0.3 is 0 Å². The summed E-state index contributed by atoms with van der Waals surface area (Å²) in [5.41, 5.74) is 2.61. The van der Waals surface area contributed by atoms with E-state index in [9.17, 15) is 0 Å². The van der Waals surface area contributed by atoms with Crippen molar-refractivity contribution >= 4 is 27.6 Å². The highest BCUT2D eigenvalue weighted by Crippen LogP contribution is 2.33. The molecule has 0 fully saturated rings. The maximum absolute atomic E-state index is 2.30. The van der Waals surface area contributed by atoms with Gasteiger partial charge >= 0.3 is 0 Å². The summed E-state index contributed by atoms with van der Waals surface area (Å²) in [5, 5.41) is 3.92. The number of aryl methyl sites for hydroxylation is 1. The molecule has 0 N–H and O–H groups in total. The van der Waals surface area contributed by atoms with Crippen LogP contribution in [0.15, 0.2) is 66.9 Å². The summed E-state index contributed by atoms with van der Waals surface area (Å²) in [4.78, 5) is 1.35. The first-order valence-corrected chi connectivity index (χ1v) is 7.54. The summed E-state index contributed by atoms with van der Waals surface area (Å²) in [6.07, 6.45) is 2.18. The lowest BCUT2D eigenvalue weighted by Gasteiger charge is -1.98. The Morgan fingerprint density at radius 2 is 1.60 bits per heavy atom. The number of rotatable bonds is 1. The van der Waals surface area contributed by atoms with Crippen LogP contribution in [0.1, 0.15) is 5.01 Å². The summed E-state index contributed by atoms with van der Waals surface area (Å²) < 4.78 is 2.30. The number of benzene rings is 2. The Balaban J connectivity index is 2.19. The smallest absolute Gasteiger partial charge is 0.153 e. The Bertz CT molecular complexity index is 907. The molecule has 0 radical (unpaired) electrons. The second-order valence-electron chi connectivity index (χ2n) is 4.94. The van der Waals surface area contributed by atoms with E-state index in [-0.39, 0.29) is 0 Å². The molecular weight excluding hydrogens is 262 g/mol. The molecule has 0 saturated carbocycles. The van der Waals surface area contributed by atoms with Crippen molar-refractivity contribution in [2.24, 2.45) is 0 Å². The van der Waals surface area contributed by atoms with E-state index in [0.29, 0.717) is 0 Å². The van der Waals surface area contributed by atoms with Gasteiger partial charge in [0.2, 0.25) is 10.5 Å². The quantitative estimate of drug-likeness (QED) is 0.447. The Hall–Kier alpha value is -2.19. The molecule has 2 aromatic heterocycles. The van der Waals surface area contributed by atoms with Gasteiger partial charge in [-0.15, -0.1) is 0 Å².